The maximum atomic E-state index is 11.8. The van der Waals surface area contributed by atoms with Gasteiger partial charge in [-0.1, -0.05) is 24.5 Å². The lowest BCUT2D eigenvalue weighted by Gasteiger charge is -2.26. The lowest BCUT2D eigenvalue weighted by atomic mass is 9.82. The highest BCUT2D eigenvalue weighted by atomic mass is 127. The largest absolute Gasteiger partial charge is 0.355 e. The smallest absolute Gasteiger partial charge is 0.341 e. The molecule has 15 heavy (non-hydrogen) atoms. The van der Waals surface area contributed by atoms with Crippen LogP contribution in [0, 0.1) is 17.8 Å². The number of halogens is 1. The number of fused-ring (bicyclic) bond motifs is 1. The van der Waals surface area contributed by atoms with Crippen LogP contribution in [0.5, 0.6) is 0 Å². The summed E-state index contributed by atoms with van der Waals surface area (Å²) in [4.78, 5) is 11.8. The molecule has 1 heterocycles. The van der Waals surface area contributed by atoms with E-state index >= 15 is 0 Å². The van der Waals surface area contributed by atoms with Crippen LogP contribution in [0.2, 0.25) is 4.78 Å². The third-order valence-corrected chi connectivity index (χ3v) is 8.86. The first-order chi connectivity index (χ1) is 7.15. The summed E-state index contributed by atoms with van der Waals surface area (Å²) >= 11 is 2.49. The Labute approximate surface area is 108 Å². The fourth-order valence-electron chi connectivity index (χ4n) is 3.09. The fraction of sp³-hybridized carbons (Fsp3) is 0.900. The highest BCUT2D eigenvalue weighted by Gasteiger charge is 2.45. The maximum Gasteiger partial charge on any atom is 0.341 e. The molecule has 2 rings (SSSR count). The summed E-state index contributed by atoms with van der Waals surface area (Å²) in [5, 5.41) is 2.99. The molecule has 1 aliphatic carbocycles. The Balaban J connectivity index is 2.21. The first kappa shape index (κ1) is 12.2. The van der Waals surface area contributed by atoms with Gasteiger partial charge in [0.05, 0.1) is 0 Å². The van der Waals surface area contributed by atoms with Crippen LogP contribution in [0.25, 0.3) is 0 Å². The van der Waals surface area contributed by atoms with Gasteiger partial charge < -0.3 is 11.1 Å². The Morgan fingerprint density at radius 2 is 2.27 bits per heavy atom. The maximum absolute atomic E-state index is 11.8. The van der Waals surface area contributed by atoms with Crippen LogP contribution in [0.4, 0.5) is 0 Å². The van der Waals surface area contributed by atoms with Crippen LogP contribution >= 0.6 is 20.3 Å². The van der Waals surface area contributed by atoms with Gasteiger partial charge in [-0.25, -0.2) is 20.3 Å². The van der Waals surface area contributed by atoms with Crippen molar-refractivity contribution in [3.05, 3.63) is 0 Å². The molecule has 1 saturated carbocycles. The minimum absolute atomic E-state index is 0.0711. The Kier molecular flexibility index (Phi) is 3.98. The highest BCUT2D eigenvalue weighted by Crippen LogP contribution is 2.40. The van der Waals surface area contributed by atoms with Crippen molar-refractivity contribution in [1.82, 2.24) is 5.32 Å². The molecule has 3 N–H and O–H groups in total. The van der Waals surface area contributed by atoms with Crippen molar-refractivity contribution >= 4 is 38.1 Å². The predicted octanol–water partition coefficient (Wildman–Crippen LogP) is 0.681. The number of carbonyl (C=O) groups excluding carboxylic acids is 1. The molecule has 2 fully saturated rings. The van der Waals surface area contributed by atoms with Gasteiger partial charge in [0.25, 0.3) is 0 Å². The predicted molar refractivity (Wildman–Crippen MR) is 71.3 cm³/mol. The quantitative estimate of drug-likeness (QED) is 0.547. The first-order valence-corrected chi connectivity index (χ1v) is 11.7. The Hall–Kier alpha value is 0.692. The van der Waals surface area contributed by atoms with Gasteiger partial charge in [-0.2, -0.15) is 0 Å². The van der Waals surface area contributed by atoms with Crippen molar-refractivity contribution in [3.8, 4) is 0 Å². The van der Waals surface area contributed by atoms with Crippen molar-refractivity contribution < 1.29 is 4.79 Å². The second kappa shape index (κ2) is 4.91. The minimum atomic E-state index is -0.0711. The van der Waals surface area contributed by atoms with Crippen LogP contribution in [-0.4, -0.2) is 30.4 Å². The van der Waals surface area contributed by atoms with Crippen LogP contribution in [0.15, 0.2) is 0 Å². The summed E-state index contributed by atoms with van der Waals surface area (Å²) in [6, 6.07) is 0.266. The topological polar surface area (TPSA) is 55.1 Å². The summed E-state index contributed by atoms with van der Waals surface area (Å²) in [7, 11) is 0. The van der Waals surface area contributed by atoms with E-state index in [1.165, 1.54) is 12.8 Å². The third-order valence-electron chi connectivity index (χ3n) is 4.12. The van der Waals surface area contributed by atoms with E-state index in [2.05, 4.69) is 32.5 Å². The minimum Gasteiger partial charge on any atom is -0.355 e. The van der Waals surface area contributed by atoms with E-state index in [1.807, 2.05) is 0 Å². The molecule has 0 aromatic rings. The van der Waals surface area contributed by atoms with Gasteiger partial charge in [0.15, 0.2) is 0 Å². The summed E-state index contributed by atoms with van der Waals surface area (Å²) < 4.78 is 0.732. The highest BCUT2D eigenvalue weighted by molar-refractivity contribution is 14.1. The van der Waals surface area contributed by atoms with E-state index < -0.39 is 0 Å². The van der Waals surface area contributed by atoms with E-state index in [9.17, 15) is 4.79 Å². The van der Waals surface area contributed by atoms with E-state index in [0.717, 1.165) is 11.3 Å². The SMILES string of the molecule is CC1CC[C@@H]([AlH][I])[C@H](N)[C@@H]2CNC(=O)[C@@H]12. The summed E-state index contributed by atoms with van der Waals surface area (Å²) in [6.45, 7) is 3.03. The molecule has 1 saturated heterocycles. The molecule has 3 nitrogen and oxygen atoms in total. The van der Waals surface area contributed by atoms with E-state index in [1.54, 1.807) is 0 Å². The van der Waals surface area contributed by atoms with Crippen LogP contribution < -0.4 is 11.1 Å². The number of nitrogens with two attached hydrogens (primary N) is 1. The van der Waals surface area contributed by atoms with E-state index in [-0.39, 0.29) is 29.8 Å². The van der Waals surface area contributed by atoms with Gasteiger partial charge in [0, 0.05) is 24.4 Å². The normalized spacial score (nSPS) is 45.5. The summed E-state index contributed by atoms with van der Waals surface area (Å²) in [5.41, 5.74) is 6.34. The number of amides is 1. The number of rotatable bonds is 1. The average Bonchev–Trinajstić information content (AvgIpc) is 2.54. The average molecular weight is 336 g/mol. The monoisotopic (exact) mass is 336 g/mol. The molecule has 0 spiro atoms. The zero-order valence-corrected chi connectivity index (χ0v) is 12.7. The summed E-state index contributed by atoms with van der Waals surface area (Å²) in [5.74, 6) is 1.37. The second-order valence-corrected chi connectivity index (χ2v) is 8.98. The molecule has 0 radical (unpaired) electrons. The van der Waals surface area contributed by atoms with Gasteiger partial charge in [-0.15, -0.1) is 0 Å². The number of carbonyl (C=O) groups is 1. The van der Waals surface area contributed by atoms with Crippen LogP contribution in [-0.2, 0) is 4.79 Å². The van der Waals surface area contributed by atoms with E-state index in [0.29, 0.717) is 11.8 Å². The zero-order chi connectivity index (χ0) is 11.0. The first-order valence-electron chi connectivity index (χ1n) is 5.74. The van der Waals surface area contributed by atoms with E-state index in [4.69, 9.17) is 5.73 Å². The molecule has 5 heteroatoms. The zero-order valence-electron chi connectivity index (χ0n) is 9.08. The molecule has 1 aliphatic heterocycles. The number of hydrogen-bond donors (Lipinski definition) is 2. The number of nitrogens with one attached hydrogen (secondary N) is 1. The molecular formula is C10H18AlIN2O. The molecule has 1 unspecified atom stereocenters. The molecule has 2 aliphatic rings. The van der Waals surface area contributed by atoms with Crippen molar-refractivity contribution in [2.45, 2.75) is 30.6 Å². The van der Waals surface area contributed by atoms with Crippen molar-refractivity contribution in [2.75, 3.05) is 6.54 Å². The fourth-order valence-corrected chi connectivity index (χ4v) is 7.12. The van der Waals surface area contributed by atoms with Gasteiger partial charge in [0.1, 0.15) is 0 Å². The van der Waals surface area contributed by atoms with Gasteiger partial charge in [-0.05, 0) is 5.92 Å². The Bertz CT molecular complexity index is 264. The van der Waals surface area contributed by atoms with Crippen molar-refractivity contribution in [2.24, 2.45) is 23.5 Å². The number of hydrogen-bond acceptors (Lipinski definition) is 2. The Morgan fingerprint density at radius 1 is 1.53 bits per heavy atom. The lowest BCUT2D eigenvalue weighted by molar-refractivity contribution is -0.124. The third kappa shape index (κ3) is 2.21. The standard InChI is InChI=1S/C10H17N2O.Al.HI.H/c1-6-3-2-4-8(11)7-5-12-10(13)9(6)7;;;/h4,6-9H,2-3,5,11H2,1H3,(H,12,13);;1H;/q;+1;;/p-1/t6?,7-,8-,9-;;;/m0.../s1. The van der Waals surface area contributed by atoms with Crippen molar-refractivity contribution in [1.29, 1.82) is 0 Å². The second-order valence-electron chi connectivity index (χ2n) is 4.98. The van der Waals surface area contributed by atoms with Gasteiger partial charge in [0.2, 0.25) is 5.91 Å². The molecular weight excluding hydrogens is 318 g/mol. The van der Waals surface area contributed by atoms with Gasteiger partial charge in [-0.3, -0.25) is 4.79 Å². The van der Waals surface area contributed by atoms with Gasteiger partial charge >= 0.3 is 11.9 Å². The molecule has 5 atom stereocenters. The van der Waals surface area contributed by atoms with Crippen molar-refractivity contribution in [3.63, 3.8) is 0 Å². The molecule has 1 amide bonds. The lowest BCUT2D eigenvalue weighted by Crippen LogP contribution is -2.39. The molecule has 0 aromatic heterocycles. The molecule has 0 bridgehead atoms. The summed E-state index contributed by atoms with van der Waals surface area (Å²) in [6.07, 6.45) is 2.43. The molecule has 84 valence electrons. The van der Waals surface area contributed by atoms with Crippen LogP contribution in [0.3, 0.4) is 0 Å². The molecule has 0 aromatic carbocycles. The Morgan fingerprint density at radius 3 is 2.93 bits per heavy atom. The van der Waals surface area contributed by atoms with Crippen LogP contribution in [0.1, 0.15) is 19.8 Å².